The van der Waals surface area contributed by atoms with Crippen molar-refractivity contribution in [2.24, 2.45) is 11.1 Å². The van der Waals surface area contributed by atoms with Gasteiger partial charge in [-0.3, -0.25) is 4.79 Å². The smallest absolute Gasteiger partial charge is 0.263 e. The van der Waals surface area contributed by atoms with Crippen LogP contribution >= 0.6 is 27.5 Å². The number of carbonyl (C=O) groups is 1. The highest BCUT2D eigenvalue weighted by Gasteiger charge is 2.36. The van der Waals surface area contributed by atoms with Crippen LogP contribution in [-0.2, 0) is 4.79 Å². The molecule has 0 aromatic heterocycles. The Hall–Kier alpha value is -0.780. The van der Waals surface area contributed by atoms with Gasteiger partial charge in [-0.1, -0.05) is 25.4 Å². The SMILES string of the molecule is CC(Oc1ccc(Cl)cc1Br)C(=O)N1CCC(N)C(C)(C)C1. The van der Waals surface area contributed by atoms with Crippen molar-refractivity contribution in [3.63, 3.8) is 0 Å². The third-order valence-corrected chi connectivity index (χ3v) is 5.02. The number of nitrogens with zero attached hydrogens (tertiary/aromatic N) is 1. The maximum atomic E-state index is 12.6. The molecule has 2 atom stereocenters. The van der Waals surface area contributed by atoms with Crippen LogP contribution in [0.5, 0.6) is 5.75 Å². The minimum atomic E-state index is -0.553. The lowest BCUT2D eigenvalue weighted by Crippen LogP contribution is -2.56. The molecule has 1 aromatic rings. The van der Waals surface area contributed by atoms with Crippen LogP contribution in [0.15, 0.2) is 22.7 Å². The molecule has 0 bridgehead atoms. The van der Waals surface area contributed by atoms with Crippen molar-refractivity contribution in [3.05, 3.63) is 27.7 Å². The van der Waals surface area contributed by atoms with Gasteiger partial charge < -0.3 is 15.4 Å². The van der Waals surface area contributed by atoms with E-state index < -0.39 is 6.10 Å². The fourth-order valence-electron chi connectivity index (χ4n) is 2.63. The van der Waals surface area contributed by atoms with Crippen molar-refractivity contribution in [1.29, 1.82) is 0 Å². The molecule has 1 aliphatic rings. The molecule has 0 aliphatic carbocycles. The third-order valence-electron chi connectivity index (χ3n) is 4.17. The van der Waals surface area contributed by atoms with Crippen LogP contribution in [0.3, 0.4) is 0 Å². The Kier molecular flexibility index (Phi) is 5.41. The van der Waals surface area contributed by atoms with Gasteiger partial charge in [-0.2, -0.15) is 0 Å². The minimum Gasteiger partial charge on any atom is -0.480 e. The van der Waals surface area contributed by atoms with E-state index in [0.717, 1.165) is 10.9 Å². The zero-order chi connectivity index (χ0) is 16.5. The molecule has 2 N–H and O–H groups in total. The zero-order valence-electron chi connectivity index (χ0n) is 13.1. The topological polar surface area (TPSA) is 55.6 Å². The van der Waals surface area contributed by atoms with E-state index in [1.807, 2.05) is 4.90 Å². The second-order valence-corrected chi connectivity index (χ2v) is 7.77. The first kappa shape index (κ1) is 17.6. The van der Waals surface area contributed by atoms with Crippen LogP contribution in [0, 0.1) is 5.41 Å². The van der Waals surface area contributed by atoms with Crippen LogP contribution in [0.4, 0.5) is 0 Å². The van der Waals surface area contributed by atoms with E-state index in [4.69, 9.17) is 22.1 Å². The van der Waals surface area contributed by atoms with Crippen molar-refractivity contribution in [2.75, 3.05) is 13.1 Å². The molecule has 1 amide bonds. The van der Waals surface area contributed by atoms with Crippen molar-refractivity contribution < 1.29 is 9.53 Å². The van der Waals surface area contributed by atoms with Gasteiger partial charge in [0.15, 0.2) is 6.10 Å². The van der Waals surface area contributed by atoms with Crippen molar-refractivity contribution in [1.82, 2.24) is 4.90 Å². The Labute approximate surface area is 145 Å². The lowest BCUT2D eigenvalue weighted by atomic mass is 9.79. The Morgan fingerprint density at radius 2 is 2.23 bits per heavy atom. The second-order valence-electron chi connectivity index (χ2n) is 6.48. The average molecular weight is 390 g/mol. The molecule has 1 aromatic carbocycles. The Morgan fingerprint density at radius 1 is 1.55 bits per heavy atom. The summed E-state index contributed by atoms with van der Waals surface area (Å²) < 4.78 is 6.52. The largest absolute Gasteiger partial charge is 0.480 e. The highest BCUT2D eigenvalue weighted by atomic mass is 79.9. The van der Waals surface area contributed by atoms with E-state index >= 15 is 0 Å². The van der Waals surface area contributed by atoms with Crippen LogP contribution in [0.1, 0.15) is 27.2 Å². The maximum absolute atomic E-state index is 12.6. The molecule has 1 fully saturated rings. The van der Waals surface area contributed by atoms with Crippen molar-refractivity contribution in [3.8, 4) is 5.75 Å². The van der Waals surface area contributed by atoms with Crippen molar-refractivity contribution in [2.45, 2.75) is 39.3 Å². The molecule has 0 saturated carbocycles. The summed E-state index contributed by atoms with van der Waals surface area (Å²) in [6.45, 7) is 7.29. The Bertz CT molecular complexity index is 565. The number of halogens is 2. The van der Waals surface area contributed by atoms with Gasteiger partial charge in [-0.15, -0.1) is 0 Å². The number of ether oxygens (including phenoxy) is 1. The van der Waals surface area contributed by atoms with Gasteiger partial charge >= 0.3 is 0 Å². The molecule has 122 valence electrons. The van der Waals surface area contributed by atoms with Crippen LogP contribution in [-0.4, -0.2) is 36.0 Å². The van der Waals surface area contributed by atoms with Gasteiger partial charge in [0.25, 0.3) is 5.91 Å². The van der Waals surface area contributed by atoms with E-state index in [1.165, 1.54) is 0 Å². The fourth-order valence-corrected chi connectivity index (χ4v) is 3.41. The number of likely N-dealkylation sites (tertiary alicyclic amines) is 1. The van der Waals surface area contributed by atoms with Crippen LogP contribution in [0.25, 0.3) is 0 Å². The summed E-state index contributed by atoms with van der Waals surface area (Å²) in [5, 5.41) is 0.616. The van der Waals surface area contributed by atoms with Crippen LogP contribution < -0.4 is 10.5 Å². The lowest BCUT2D eigenvalue weighted by Gasteiger charge is -2.43. The molecule has 2 rings (SSSR count). The molecule has 1 heterocycles. The monoisotopic (exact) mass is 388 g/mol. The predicted octanol–water partition coefficient (Wildman–Crippen LogP) is 3.46. The first-order valence-electron chi connectivity index (χ1n) is 7.37. The second kappa shape index (κ2) is 6.77. The number of amides is 1. The number of carbonyl (C=O) groups excluding carboxylic acids is 1. The van der Waals surface area contributed by atoms with Gasteiger partial charge in [-0.05, 0) is 52.9 Å². The summed E-state index contributed by atoms with van der Waals surface area (Å²) in [6.07, 6.45) is 0.262. The van der Waals surface area contributed by atoms with Gasteiger partial charge in [0.2, 0.25) is 0 Å². The van der Waals surface area contributed by atoms with E-state index in [9.17, 15) is 4.79 Å². The highest BCUT2D eigenvalue weighted by molar-refractivity contribution is 9.10. The lowest BCUT2D eigenvalue weighted by molar-refractivity contribution is -0.141. The summed E-state index contributed by atoms with van der Waals surface area (Å²) in [4.78, 5) is 14.4. The summed E-state index contributed by atoms with van der Waals surface area (Å²) in [6, 6.07) is 5.36. The number of hydrogen-bond donors (Lipinski definition) is 1. The maximum Gasteiger partial charge on any atom is 0.263 e. The van der Waals surface area contributed by atoms with Crippen LogP contribution in [0.2, 0.25) is 5.02 Å². The summed E-state index contributed by atoms with van der Waals surface area (Å²) in [5.41, 5.74) is 6.05. The number of rotatable bonds is 3. The molecule has 0 radical (unpaired) electrons. The Balaban J connectivity index is 2.03. The summed E-state index contributed by atoms with van der Waals surface area (Å²) in [7, 11) is 0. The first-order chi connectivity index (χ1) is 10.2. The summed E-state index contributed by atoms with van der Waals surface area (Å²) >= 11 is 9.31. The number of benzene rings is 1. The normalized spacial score (nSPS) is 22.3. The zero-order valence-corrected chi connectivity index (χ0v) is 15.4. The number of piperidine rings is 1. The van der Waals surface area contributed by atoms with E-state index in [0.29, 0.717) is 23.9 Å². The van der Waals surface area contributed by atoms with Crippen molar-refractivity contribution >= 4 is 33.4 Å². The average Bonchev–Trinajstić information content (AvgIpc) is 2.44. The third kappa shape index (κ3) is 3.94. The molecule has 2 unspecified atom stereocenters. The minimum absolute atomic E-state index is 0.0122. The molecular weight excluding hydrogens is 368 g/mol. The highest BCUT2D eigenvalue weighted by Crippen LogP contribution is 2.30. The van der Waals surface area contributed by atoms with E-state index in [-0.39, 0.29) is 17.4 Å². The molecule has 1 saturated heterocycles. The van der Waals surface area contributed by atoms with Gasteiger partial charge in [0, 0.05) is 24.2 Å². The summed E-state index contributed by atoms with van der Waals surface area (Å²) in [5.74, 6) is 0.597. The molecule has 6 heteroatoms. The quantitative estimate of drug-likeness (QED) is 0.861. The number of hydrogen-bond acceptors (Lipinski definition) is 3. The predicted molar refractivity (Wildman–Crippen MR) is 92.2 cm³/mol. The van der Waals surface area contributed by atoms with E-state index in [1.54, 1.807) is 25.1 Å². The molecule has 1 aliphatic heterocycles. The molecule has 22 heavy (non-hydrogen) atoms. The molecule has 0 spiro atoms. The van der Waals surface area contributed by atoms with Gasteiger partial charge in [0.1, 0.15) is 5.75 Å². The van der Waals surface area contributed by atoms with Gasteiger partial charge in [-0.25, -0.2) is 0 Å². The molecular formula is C16H22BrClN2O2. The first-order valence-corrected chi connectivity index (χ1v) is 8.54. The Morgan fingerprint density at radius 3 is 2.82 bits per heavy atom. The fraction of sp³-hybridized carbons (Fsp3) is 0.562. The molecule has 4 nitrogen and oxygen atoms in total. The standard InChI is InChI=1S/C16H22BrClN2O2/c1-10(22-13-5-4-11(18)8-12(13)17)15(21)20-7-6-14(19)16(2,3)9-20/h4-5,8,10,14H,6-7,9,19H2,1-3H3. The van der Waals surface area contributed by atoms with E-state index in [2.05, 4.69) is 29.8 Å². The number of nitrogens with two attached hydrogens (primary N) is 1. The van der Waals surface area contributed by atoms with Gasteiger partial charge in [0.05, 0.1) is 4.47 Å².